The molecule has 3 aliphatic carbocycles. The van der Waals surface area contributed by atoms with E-state index in [4.69, 9.17) is 0 Å². The van der Waals surface area contributed by atoms with E-state index in [0.29, 0.717) is 35.3 Å². The molecule has 29 heavy (non-hydrogen) atoms. The van der Waals surface area contributed by atoms with Crippen LogP contribution in [0.25, 0.3) is 0 Å². The molecule has 2 aromatic carbocycles. The van der Waals surface area contributed by atoms with E-state index >= 15 is 0 Å². The SMILES string of the molecule is CCC[C@@H]1[C@H]2[C@H]3[C@H](CC[C@]2(C)C[C@H]1O)c1ccc(O)cc1C[C@H]3c1ccccc1. The molecule has 0 aromatic heterocycles. The number of hydrogen-bond acceptors (Lipinski definition) is 2. The highest BCUT2D eigenvalue weighted by Crippen LogP contribution is 2.66. The largest absolute Gasteiger partial charge is 0.508 e. The fraction of sp³-hybridized carbons (Fsp3) is 0.556. The van der Waals surface area contributed by atoms with Gasteiger partial charge in [-0.2, -0.15) is 0 Å². The predicted molar refractivity (Wildman–Crippen MR) is 117 cm³/mol. The molecule has 2 fully saturated rings. The topological polar surface area (TPSA) is 40.5 Å². The molecule has 2 aromatic rings. The maximum Gasteiger partial charge on any atom is 0.115 e. The standard InChI is InChI=1S/C27H34O2/c1-3-7-22-24(29)16-27(2)13-12-21-20-11-10-19(28)14-18(20)15-23(25(21)26(22)27)17-8-5-4-6-9-17/h4-6,8-11,14,21-26,28-29H,3,7,12-13,15-16H2,1-2H3/t21-,22+,23+,24-,25+,26+,27-/m1/s1. The summed E-state index contributed by atoms with van der Waals surface area (Å²) in [6, 6.07) is 17.1. The maximum atomic E-state index is 11.1. The lowest BCUT2D eigenvalue weighted by Crippen LogP contribution is -2.45. The third-order valence-corrected chi connectivity index (χ3v) is 8.62. The van der Waals surface area contributed by atoms with Crippen molar-refractivity contribution in [2.75, 3.05) is 0 Å². The summed E-state index contributed by atoms with van der Waals surface area (Å²) in [4.78, 5) is 0. The summed E-state index contributed by atoms with van der Waals surface area (Å²) >= 11 is 0. The van der Waals surface area contributed by atoms with E-state index in [9.17, 15) is 10.2 Å². The molecule has 7 atom stereocenters. The van der Waals surface area contributed by atoms with Gasteiger partial charge in [0.15, 0.2) is 0 Å². The van der Waals surface area contributed by atoms with Crippen molar-refractivity contribution in [3.63, 3.8) is 0 Å². The molecule has 3 aliphatic rings. The third kappa shape index (κ3) is 3.03. The Kier molecular flexibility index (Phi) is 4.74. The molecule has 0 unspecified atom stereocenters. The monoisotopic (exact) mass is 390 g/mol. The van der Waals surface area contributed by atoms with Gasteiger partial charge in [-0.05, 0) is 95.9 Å². The molecule has 0 bridgehead atoms. The van der Waals surface area contributed by atoms with Crippen LogP contribution in [0.2, 0.25) is 0 Å². The van der Waals surface area contributed by atoms with E-state index < -0.39 is 0 Å². The zero-order chi connectivity index (χ0) is 20.2. The molecular weight excluding hydrogens is 356 g/mol. The maximum absolute atomic E-state index is 11.1. The zero-order valence-corrected chi connectivity index (χ0v) is 17.7. The van der Waals surface area contributed by atoms with Gasteiger partial charge in [-0.1, -0.05) is 56.7 Å². The first-order chi connectivity index (χ1) is 14.0. The fourth-order valence-corrected chi connectivity index (χ4v) is 7.61. The van der Waals surface area contributed by atoms with Gasteiger partial charge in [-0.15, -0.1) is 0 Å². The molecule has 2 N–H and O–H groups in total. The lowest BCUT2D eigenvalue weighted by Gasteiger charge is -2.54. The van der Waals surface area contributed by atoms with Gasteiger partial charge in [-0.25, -0.2) is 0 Å². The van der Waals surface area contributed by atoms with Crippen molar-refractivity contribution in [2.45, 2.75) is 70.3 Å². The van der Waals surface area contributed by atoms with Crippen LogP contribution in [0, 0.1) is 23.2 Å². The van der Waals surface area contributed by atoms with Gasteiger partial charge in [0.05, 0.1) is 6.10 Å². The van der Waals surface area contributed by atoms with Gasteiger partial charge in [-0.3, -0.25) is 0 Å². The van der Waals surface area contributed by atoms with Crippen LogP contribution in [0.3, 0.4) is 0 Å². The Morgan fingerprint density at radius 3 is 2.62 bits per heavy atom. The van der Waals surface area contributed by atoms with E-state index in [0.717, 1.165) is 25.7 Å². The van der Waals surface area contributed by atoms with Crippen LogP contribution in [-0.2, 0) is 6.42 Å². The summed E-state index contributed by atoms with van der Waals surface area (Å²) in [6.07, 6.45) is 6.50. The third-order valence-electron chi connectivity index (χ3n) is 8.62. The number of aromatic hydroxyl groups is 1. The average Bonchev–Trinajstić information content (AvgIpc) is 2.97. The smallest absolute Gasteiger partial charge is 0.115 e. The van der Waals surface area contributed by atoms with Gasteiger partial charge < -0.3 is 10.2 Å². The van der Waals surface area contributed by atoms with Crippen molar-refractivity contribution < 1.29 is 10.2 Å². The number of aliphatic hydroxyl groups is 1. The molecule has 0 spiro atoms. The summed E-state index contributed by atoms with van der Waals surface area (Å²) < 4.78 is 0. The minimum absolute atomic E-state index is 0.152. The molecule has 2 heteroatoms. The second-order valence-corrected chi connectivity index (χ2v) is 10.2. The Balaban J connectivity index is 1.65. The summed E-state index contributed by atoms with van der Waals surface area (Å²) in [6.45, 7) is 4.72. The van der Waals surface area contributed by atoms with Crippen LogP contribution in [0.15, 0.2) is 48.5 Å². The summed E-state index contributed by atoms with van der Waals surface area (Å²) in [5, 5.41) is 21.2. The molecule has 2 saturated carbocycles. The average molecular weight is 391 g/mol. The quantitative estimate of drug-likeness (QED) is 0.672. The van der Waals surface area contributed by atoms with Crippen LogP contribution < -0.4 is 0 Å². The van der Waals surface area contributed by atoms with Gasteiger partial charge in [0, 0.05) is 0 Å². The number of phenolic OH excluding ortho intramolecular Hbond substituents is 1. The first kappa shape index (κ1) is 19.2. The molecule has 0 aliphatic heterocycles. The van der Waals surface area contributed by atoms with Crippen molar-refractivity contribution in [1.82, 2.24) is 0 Å². The highest BCUT2D eigenvalue weighted by Gasteiger charge is 2.59. The van der Waals surface area contributed by atoms with Gasteiger partial charge in [0.2, 0.25) is 0 Å². The van der Waals surface area contributed by atoms with Crippen LogP contribution in [0.5, 0.6) is 5.75 Å². The number of fused-ring (bicyclic) bond motifs is 5. The Bertz CT molecular complexity index is 875. The molecule has 0 heterocycles. The van der Waals surface area contributed by atoms with Crippen LogP contribution in [0.4, 0.5) is 0 Å². The Morgan fingerprint density at radius 1 is 1.07 bits per heavy atom. The van der Waals surface area contributed by atoms with E-state index in [1.165, 1.54) is 29.5 Å². The Hall–Kier alpha value is -1.80. The normalized spacial score (nSPS) is 38.2. The van der Waals surface area contributed by atoms with Gasteiger partial charge >= 0.3 is 0 Å². The van der Waals surface area contributed by atoms with Crippen LogP contribution >= 0.6 is 0 Å². The second-order valence-electron chi connectivity index (χ2n) is 10.2. The number of phenols is 1. The number of hydrogen-bond donors (Lipinski definition) is 2. The molecule has 5 rings (SSSR count). The minimum atomic E-state index is -0.152. The second kappa shape index (κ2) is 7.16. The number of benzene rings is 2. The number of aliphatic hydroxyl groups excluding tert-OH is 1. The molecule has 2 nitrogen and oxygen atoms in total. The van der Waals surface area contributed by atoms with Crippen molar-refractivity contribution in [3.05, 3.63) is 65.2 Å². The summed E-state index contributed by atoms with van der Waals surface area (Å²) in [5.41, 5.74) is 4.47. The number of rotatable bonds is 3. The van der Waals surface area contributed by atoms with Gasteiger partial charge in [0.25, 0.3) is 0 Å². The molecular formula is C27H34O2. The molecule has 0 radical (unpaired) electrons. The minimum Gasteiger partial charge on any atom is -0.508 e. The molecule has 154 valence electrons. The lowest BCUT2D eigenvalue weighted by atomic mass is 9.50. The fourth-order valence-electron chi connectivity index (χ4n) is 7.61. The first-order valence-corrected chi connectivity index (χ1v) is 11.6. The zero-order valence-electron chi connectivity index (χ0n) is 17.7. The summed E-state index contributed by atoms with van der Waals surface area (Å²) in [7, 11) is 0. The van der Waals surface area contributed by atoms with E-state index in [1.54, 1.807) is 0 Å². The lowest BCUT2D eigenvalue weighted by molar-refractivity contribution is 0.0149. The highest BCUT2D eigenvalue weighted by molar-refractivity contribution is 5.43. The van der Waals surface area contributed by atoms with Crippen molar-refractivity contribution >= 4 is 0 Å². The van der Waals surface area contributed by atoms with E-state index in [-0.39, 0.29) is 11.5 Å². The first-order valence-electron chi connectivity index (χ1n) is 11.6. The van der Waals surface area contributed by atoms with E-state index in [2.05, 4.69) is 50.2 Å². The van der Waals surface area contributed by atoms with E-state index in [1.807, 2.05) is 12.1 Å². The van der Waals surface area contributed by atoms with Crippen molar-refractivity contribution in [3.8, 4) is 5.75 Å². The predicted octanol–water partition coefficient (Wildman–Crippen LogP) is 6.03. The van der Waals surface area contributed by atoms with Crippen LogP contribution in [-0.4, -0.2) is 16.3 Å². The van der Waals surface area contributed by atoms with Gasteiger partial charge in [0.1, 0.15) is 5.75 Å². The highest BCUT2D eigenvalue weighted by atomic mass is 16.3. The Morgan fingerprint density at radius 2 is 1.86 bits per heavy atom. The Labute approximate surface area is 175 Å². The van der Waals surface area contributed by atoms with Crippen molar-refractivity contribution in [1.29, 1.82) is 0 Å². The summed E-state index contributed by atoms with van der Waals surface area (Å²) in [5.74, 6) is 2.94. The molecule has 0 saturated heterocycles. The van der Waals surface area contributed by atoms with Crippen LogP contribution in [0.1, 0.15) is 74.5 Å². The van der Waals surface area contributed by atoms with Crippen molar-refractivity contribution in [2.24, 2.45) is 23.2 Å². The molecule has 0 amide bonds.